The molecule has 3 aromatic rings. The molecular weight excluding hydrogens is 304 g/mol. The van der Waals surface area contributed by atoms with Crippen molar-refractivity contribution in [1.29, 1.82) is 0 Å². The third-order valence-corrected chi connectivity index (χ3v) is 3.32. The summed E-state index contributed by atoms with van der Waals surface area (Å²) in [6.45, 7) is 0. The number of anilines is 1. The summed E-state index contributed by atoms with van der Waals surface area (Å²) < 4.78 is 2.79. The van der Waals surface area contributed by atoms with Crippen LogP contribution < -0.4 is 5.73 Å². The van der Waals surface area contributed by atoms with E-state index in [2.05, 4.69) is 26.0 Å². The lowest BCUT2D eigenvalue weighted by Gasteiger charge is -2.00. The van der Waals surface area contributed by atoms with Gasteiger partial charge in [-0.15, -0.1) is 0 Å². The maximum Gasteiger partial charge on any atom is 0.116 e. The lowest BCUT2D eigenvalue weighted by Crippen LogP contribution is -1.94. The van der Waals surface area contributed by atoms with E-state index in [9.17, 15) is 0 Å². The first-order chi connectivity index (χ1) is 9.24. The van der Waals surface area contributed by atoms with E-state index in [1.165, 1.54) is 0 Å². The van der Waals surface area contributed by atoms with Crippen LogP contribution in [0.4, 0.5) is 5.69 Å². The molecule has 19 heavy (non-hydrogen) atoms. The molecule has 2 heterocycles. The highest BCUT2D eigenvalue weighted by molar-refractivity contribution is 9.10. The second kappa shape index (κ2) is 4.85. The van der Waals surface area contributed by atoms with Crippen molar-refractivity contribution in [3.05, 3.63) is 59.5 Å². The number of aromatic nitrogens is 3. The molecule has 2 N–H and O–H groups in total. The average Bonchev–Trinajstić information content (AvgIpc) is 2.83. The fraction of sp³-hybridized carbons (Fsp3) is 0. The number of hydrogen-bond acceptors (Lipinski definition) is 3. The molecule has 0 fully saturated rings. The van der Waals surface area contributed by atoms with Crippen molar-refractivity contribution in [2.45, 2.75) is 0 Å². The molecule has 0 aliphatic rings. The zero-order valence-corrected chi connectivity index (χ0v) is 11.6. The first-order valence-electron chi connectivity index (χ1n) is 5.75. The minimum absolute atomic E-state index is 0.652. The Morgan fingerprint density at radius 3 is 2.37 bits per heavy atom. The highest BCUT2D eigenvalue weighted by Crippen LogP contribution is 2.26. The first-order valence-corrected chi connectivity index (χ1v) is 6.55. The second-order valence-electron chi connectivity index (χ2n) is 4.09. The number of rotatable bonds is 2. The number of pyridine rings is 1. The standard InChI is InChI=1S/C14H11BrN4/c15-11-3-1-10(2-4-11)14-13(16)9-19(18-14)12-5-7-17-8-6-12/h1-9H,16H2. The van der Waals surface area contributed by atoms with Gasteiger partial charge in [0.15, 0.2) is 0 Å². The molecule has 1 aromatic carbocycles. The summed E-state index contributed by atoms with van der Waals surface area (Å²) in [5.74, 6) is 0. The molecule has 0 aliphatic heterocycles. The van der Waals surface area contributed by atoms with Crippen LogP contribution in [0.25, 0.3) is 16.9 Å². The van der Waals surface area contributed by atoms with E-state index in [4.69, 9.17) is 5.73 Å². The van der Waals surface area contributed by atoms with Gasteiger partial charge in [-0.05, 0) is 24.3 Å². The molecule has 0 unspecified atom stereocenters. The largest absolute Gasteiger partial charge is 0.396 e. The summed E-state index contributed by atoms with van der Waals surface area (Å²) in [6.07, 6.45) is 5.27. The fourth-order valence-corrected chi connectivity index (χ4v) is 2.11. The van der Waals surface area contributed by atoms with Crippen molar-refractivity contribution >= 4 is 21.6 Å². The van der Waals surface area contributed by atoms with Crippen LogP contribution in [-0.4, -0.2) is 14.8 Å². The van der Waals surface area contributed by atoms with Crippen molar-refractivity contribution < 1.29 is 0 Å². The maximum absolute atomic E-state index is 6.04. The molecule has 0 radical (unpaired) electrons. The molecule has 5 heteroatoms. The van der Waals surface area contributed by atoms with Gasteiger partial charge in [0, 0.05) is 22.4 Å². The van der Waals surface area contributed by atoms with Gasteiger partial charge in [-0.1, -0.05) is 28.1 Å². The van der Waals surface area contributed by atoms with Gasteiger partial charge in [-0.2, -0.15) is 5.10 Å². The summed E-state index contributed by atoms with van der Waals surface area (Å²) in [5.41, 5.74) is 9.40. The van der Waals surface area contributed by atoms with Gasteiger partial charge in [0.2, 0.25) is 0 Å². The minimum atomic E-state index is 0.652. The monoisotopic (exact) mass is 314 g/mol. The zero-order chi connectivity index (χ0) is 13.2. The molecular formula is C14H11BrN4. The average molecular weight is 315 g/mol. The van der Waals surface area contributed by atoms with E-state index < -0.39 is 0 Å². The van der Waals surface area contributed by atoms with E-state index >= 15 is 0 Å². The Bertz CT molecular complexity index is 689. The van der Waals surface area contributed by atoms with E-state index in [1.807, 2.05) is 42.6 Å². The van der Waals surface area contributed by atoms with Crippen LogP contribution in [0.2, 0.25) is 0 Å². The van der Waals surface area contributed by atoms with Crippen molar-refractivity contribution in [3.63, 3.8) is 0 Å². The Morgan fingerprint density at radius 2 is 1.68 bits per heavy atom. The predicted molar refractivity (Wildman–Crippen MR) is 78.9 cm³/mol. The molecule has 0 saturated carbocycles. The summed E-state index contributed by atoms with van der Waals surface area (Å²) in [4.78, 5) is 3.99. The van der Waals surface area contributed by atoms with Gasteiger partial charge >= 0.3 is 0 Å². The van der Waals surface area contributed by atoms with Crippen LogP contribution >= 0.6 is 15.9 Å². The Balaban J connectivity index is 2.05. The van der Waals surface area contributed by atoms with Gasteiger partial charge in [-0.25, -0.2) is 4.68 Å². The molecule has 0 spiro atoms. The van der Waals surface area contributed by atoms with Crippen LogP contribution in [0.15, 0.2) is 59.5 Å². The maximum atomic E-state index is 6.04. The van der Waals surface area contributed by atoms with Gasteiger partial charge < -0.3 is 5.73 Å². The number of nitrogens with two attached hydrogens (primary N) is 1. The number of benzene rings is 1. The number of halogens is 1. The first kappa shape index (κ1) is 11.9. The topological polar surface area (TPSA) is 56.7 Å². The Morgan fingerprint density at radius 1 is 1.00 bits per heavy atom. The summed E-state index contributed by atoms with van der Waals surface area (Å²) in [6, 6.07) is 11.7. The predicted octanol–water partition coefficient (Wildman–Crippen LogP) is 3.28. The SMILES string of the molecule is Nc1cn(-c2ccncc2)nc1-c1ccc(Br)cc1. The lowest BCUT2D eigenvalue weighted by atomic mass is 10.1. The molecule has 3 rings (SSSR count). The molecule has 94 valence electrons. The van der Waals surface area contributed by atoms with Gasteiger partial charge in [-0.3, -0.25) is 4.98 Å². The molecule has 0 amide bonds. The van der Waals surface area contributed by atoms with Crippen LogP contribution in [0.5, 0.6) is 0 Å². The summed E-state index contributed by atoms with van der Waals surface area (Å²) in [7, 11) is 0. The molecule has 0 atom stereocenters. The van der Waals surface area contributed by atoms with Crippen LogP contribution in [-0.2, 0) is 0 Å². The van der Waals surface area contributed by atoms with E-state index in [0.717, 1.165) is 21.4 Å². The molecule has 2 aromatic heterocycles. The molecule has 0 bridgehead atoms. The number of hydrogen-bond donors (Lipinski definition) is 1. The normalized spacial score (nSPS) is 10.6. The lowest BCUT2D eigenvalue weighted by molar-refractivity contribution is 0.881. The fourth-order valence-electron chi connectivity index (χ4n) is 1.85. The number of nitrogens with zero attached hydrogens (tertiary/aromatic N) is 3. The summed E-state index contributed by atoms with van der Waals surface area (Å²) in [5, 5.41) is 4.53. The quantitative estimate of drug-likeness (QED) is 0.789. The van der Waals surface area contributed by atoms with Crippen molar-refractivity contribution in [2.75, 3.05) is 5.73 Å². The van der Waals surface area contributed by atoms with E-state index in [1.54, 1.807) is 17.1 Å². The van der Waals surface area contributed by atoms with E-state index in [-0.39, 0.29) is 0 Å². The Kier molecular flexibility index (Phi) is 3.05. The van der Waals surface area contributed by atoms with E-state index in [0.29, 0.717) is 5.69 Å². The van der Waals surface area contributed by atoms with Crippen molar-refractivity contribution in [1.82, 2.24) is 14.8 Å². The minimum Gasteiger partial charge on any atom is -0.396 e. The molecule has 0 aliphatic carbocycles. The highest BCUT2D eigenvalue weighted by atomic mass is 79.9. The van der Waals surface area contributed by atoms with Gasteiger partial charge in [0.05, 0.1) is 17.6 Å². The van der Waals surface area contributed by atoms with Crippen LogP contribution in [0, 0.1) is 0 Å². The number of nitrogen functional groups attached to an aromatic ring is 1. The molecule has 4 nitrogen and oxygen atoms in total. The highest BCUT2D eigenvalue weighted by Gasteiger charge is 2.09. The van der Waals surface area contributed by atoms with Crippen molar-refractivity contribution in [2.24, 2.45) is 0 Å². The third-order valence-electron chi connectivity index (χ3n) is 2.79. The second-order valence-corrected chi connectivity index (χ2v) is 5.01. The molecule has 0 saturated heterocycles. The summed E-state index contributed by atoms with van der Waals surface area (Å²) >= 11 is 3.41. The van der Waals surface area contributed by atoms with Crippen molar-refractivity contribution in [3.8, 4) is 16.9 Å². The zero-order valence-electron chi connectivity index (χ0n) is 9.99. The Hall–Kier alpha value is -2.14. The van der Waals surface area contributed by atoms with Crippen LogP contribution in [0.1, 0.15) is 0 Å². The van der Waals surface area contributed by atoms with Gasteiger partial charge in [0.25, 0.3) is 0 Å². The van der Waals surface area contributed by atoms with Crippen LogP contribution in [0.3, 0.4) is 0 Å². The van der Waals surface area contributed by atoms with Gasteiger partial charge in [0.1, 0.15) is 5.69 Å². The smallest absolute Gasteiger partial charge is 0.116 e. The Labute approximate surface area is 119 Å². The third kappa shape index (κ3) is 2.37.